The van der Waals surface area contributed by atoms with Crippen LogP contribution in [0, 0.1) is 11.8 Å². The second-order valence-electron chi connectivity index (χ2n) is 6.36. The van der Waals surface area contributed by atoms with E-state index in [1.807, 2.05) is 0 Å². The van der Waals surface area contributed by atoms with Gasteiger partial charge in [0, 0.05) is 19.6 Å². The zero-order chi connectivity index (χ0) is 13.9. The van der Waals surface area contributed by atoms with Crippen LogP contribution in [0.5, 0.6) is 0 Å². The van der Waals surface area contributed by atoms with Gasteiger partial charge in [0.1, 0.15) is 0 Å². The summed E-state index contributed by atoms with van der Waals surface area (Å²) < 4.78 is 0. The number of rotatable bonds is 8. The number of benzene rings is 1. The van der Waals surface area contributed by atoms with Crippen LogP contribution in [-0.4, -0.2) is 19.6 Å². The summed E-state index contributed by atoms with van der Waals surface area (Å²) in [5.74, 6) is 1.82. The summed E-state index contributed by atoms with van der Waals surface area (Å²) >= 11 is 6.54. The van der Waals surface area contributed by atoms with Crippen molar-refractivity contribution in [3.8, 4) is 0 Å². The fraction of sp³-hybridized carbons (Fsp3) is 0.647. The third-order valence-corrected chi connectivity index (χ3v) is 4.59. The molecule has 1 N–H and O–H groups in total. The molecule has 20 heavy (non-hydrogen) atoms. The number of halogens is 1. The van der Waals surface area contributed by atoms with Crippen LogP contribution in [0.2, 0.25) is 5.02 Å². The number of hydrogen-bond donors (Lipinski definition) is 1. The Labute approximate surface area is 127 Å². The van der Waals surface area contributed by atoms with Crippen molar-refractivity contribution in [1.29, 1.82) is 0 Å². The van der Waals surface area contributed by atoms with Crippen LogP contribution in [0.4, 0.5) is 5.69 Å². The molecule has 0 amide bonds. The minimum atomic E-state index is 0.905. The molecule has 0 atom stereocenters. The summed E-state index contributed by atoms with van der Waals surface area (Å²) in [4.78, 5) is 2.54. The van der Waals surface area contributed by atoms with Crippen LogP contribution in [0.1, 0.15) is 38.2 Å². The van der Waals surface area contributed by atoms with Gasteiger partial charge in [-0.2, -0.15) is 0 Å². The molecule has 3 rings (SSSR count). The predicted octanol–water partition coefficient (Wildman–Crippen LogP) is 4.08. The average Bonchev–Trinajstić information content (AvgIpc) is 3.31. The van der Waals surface area contributed by atoms with Crippen molar-refractivity contribution in [2.75, 3.05) is 24.5 Å². The number of anilines is 1. The van der Waals surface area contributed by atoms with E-state index >= 15 is 0 Å². The number of hydrogen-bond acceptors (Lipinski definition) is 2. The lowest BCUT2D eigenvalue weighted by Gasteiger charge is -2.26. The van der Waals surface area contributed by atoms with Crippen molar-refractivity contribution in [2.24, 2.45) is 11.8 Å². The van der Waals surface area contributed by atoms with Gasteiger partial charge in [-0.1, -0.05) is 24.6 Å². The van der Waals surface area contributed by atoms with Gasteiger partial charge in [-0.05, 0) is 61.8 Å². The third-order valence-electron chi connectivity index (χ3n) is 4.28. The summed E-state index contributed by atoms with van der Waals surface area (Å²) in [5.41, 5.74) is 2.52. The molecule has 1 aromatic carbocycles. The molecule has 2 nitrogen and oxygen atoms in total. The van der Waals surface area contributed by atoms with E-state index in [0.29, 0.717) is 0 Å². The van der Waals surface area contributed by atoms with Crippen molar-refractivity contribution in [3.05, 3.63) is 28.8 Å². The molecular formula is C17H25ClN2. The average molecular weight is 293 g/mol. The summed E-state index contributed by atoms with van der Waals surface area (Å²) in [5, 5.41) is 4.27. The maximum atomic E-state index is 6.54. The zero-order valence-electron chi connectivity index (χ0n) is 12.4. The van der Waals surface area contributed by atoms with E-state index < -0.39 is 0 Å². The first-order valence-corrected chi connectivity index (χ1v) is 8.38. The second kappa shape index (κ2) is 6.36. The molecule has 2 aliphatic carbocycles. The van der Waals surface area contributed by atoms with Crippen LogP contribution in [0.3, 0.4) is 0 Å². The molecule has 110 valence electrons. The van der Waals surface area contributed by atoms with Crippen LogP contribution in [0.25, 0.3) is 0 Å². The number of nitrogens with one attached hydrogen (secondary N) is 1. The van der Waals surface area contributed by atoms with E-state index in [4.69, 9.17) is 11.6 Å². The lowest BCUT2D eigenvalue weighted by molar-refractivity contribution is 0.679. The van der Waals surface area contributed by atoms with Crippen molar-refractivity contribution >= 4 is 17.3 Å². The molecule has 2 saturated carbocycles. The predicted molar refractivity (Wildman–Crippen MR) is 86.5 cm³/mol. The maximum absolute atomic E-state index is 6.54. The number of nitrogens with zero attached hydrogens (tertiary/aromatic N) is 1. The van der Waals surface area contributed by atoms with E-state index in [1.165, 1.54) is 50.0 Å². The molecular weight excluding hydrogens is 268 g/mol. The fourth-order valence-corrected chi connectivity index (χ4v) is 3.00. The SMILES string of the molecule is CCNCc1ccc(N(CC2CC2)CC2CC2)c(Cl)c1. The van der Waals surface area contributed by atoms with Gasteiger partial charge in [-0.3, -0.25) is 0 Å². The van der Waals surface area contributed by atoms with Crippen LogP contribution < -0.4 is 10.2 Å². The molecule has 2 fully saturated rings. The first-order chi connectivity index (χ1) is 9.76. The van der Waals surface area contributed by atoms with E-state index in [2.05, 4.69) is 35.3 Å². The minimum absolute atomic E-state index is 0.905. The van der Waals surface area contributed by atoms with Crippen molar-refractivity contribution in [2.45, 2.75) is 39.2 Å². The van der Waals surface area contributed by atoms with Crippen LogP contribution in [0.15, 0.2) is 18.2 Å². The highest BCUT2D eigenvalue weighted by Gasteiger charge is 2.30. The standard InChI is InChI=1S/C17H25ClN2/c1-2-19-10-15-7-8-17(16(18)9-15)20(11-13-3-4-13)12-14-5-6-14/h7-9,13-14,19H,2-6,10-12H2,1H3. The molecule has 0 radical (unpaired) electrons. The first kappa shape index (κ1) is 14.2. The van der Waals surface area contributed by atoms with Crippen LogP contribution >= 0.6 is 11.6 Å². The highest BCUT2D eigenvalue weighted by Crippen LogP contribution is 2.37. The van der Waals surface area contributed by atoms with Gasteiger partial charge in [0.2, 0.25) is 0 Å². The van der Waals surface area contributed by atoms with Gasteiger partial charge in [0.15, 0.2) is 0 Å². The van der Waals surface area contributed by atoms with E-state index in [1.54, 1.807) is 0 Å². The van der Waals surface area contributed by atoms with Crippen molar-refractivity contribution in [1.82, 2.24) is 5.32 Å². The molecule has 2 aliphatic rings. The summed E-state index contributed by atoms with van der Waals surface area (Å²) in [7, 11) is 0. The topological polar surface area (TPSA) is 15.3 Å². The second-order valence-corrected chi connectivity index (χ2v) is 6.77. The van der Waals surface area contributed by atoms with Crippen molar-refractivity contribution < 1.29 is 0 Å². The first-order valence-electron chi connectivity index (χ1n) is 8.00. The maximum Gasteiger partial charge on any atom is 0.0642 e. The minimum Gasteiger partial charge on any atom is -0.370 e. The lowest BCUT2D eigenvalue weighted by Crippen LogP contribution is -2.28. The quantitative estimate of drug-likeness (QED) is 0.777. The molecule has 0 aromatic heterocycles. The van der Waals surface area contributed by atoms with Gasteiger partial charge in [-0.15, -0.1) is 0 Å². The van der Waals surface area contributed by atoms with Gasteiger partial charge < -0.3 is 10.2 Å². The lowest BCUT2D eigenvalue weighted by atomic mass is 10.1. The van der Waals surface area contributed by atoms with Crippen LogP contribution in [-0.2, 0) is 6.54 Å². The molecule has 0 bridgehead atoms. The van der Waals surface area contributed by atoms with Gasteiger partial charge >= 0.3 is 0 Å². The Morgan fingerprint density at radius 2 is 1.80 bits per heavy atom. The Hall–Kier alpha value is -0.730. The highest BCUT2D eigenvalue weighted by molar-refractivity contribution is 6.33. The normalized spacial score (nSPS) is 18.3. The Balaban J connectivity index is 1.70. The molecule has 0 spiro atoms. The van der Waals surface area contributed by atoms with Gasteiger partial charge in [0.05, 0.1) is 10.7 Å². The zero-order valence-corrected chi connectivity index (χ0v) is 13.1. The molecule has 0 unspecified atom stereocenters. The molecule has 0 saturated heterocycles. The Morgan fingerprint density at radius 1 is 1.15 bits per heavy atom. The summed E-state index contributed by atoms with van der Waals surface area (Å²) in [6.07, 6.45) is 5.60. The van der Waals surface area contributed by atoms with Gasteiger partial charge in [-0.25, -0.2) is 0 Å². The molecule has 1 aromatic rings. The van der Waals surface area contributed by atoms with E-state index in [-0.39, 0.29) is 0 Å². The van der Waals surface area contributed by atoms with Crippen molar-refractivity contribution in [3.63, 3.8) is 0 Å². The van der Waals surface area contributed by atoms with E-state index in [0.717, 1.165) is 29.9 Å². The largest absolute Gasteiger partial charge is 0.370 e. The highest BCUT2D eigenvalue weighted by atomic mass is 35.5. The summed E-state index contributed by atoms with van der Waals surface area (Å²) in [6.45, 7) is 6.42. The summed E-state index contributed by atoms with van der Waals surface area (Å²) in [6, 6.07) is 6.57. The van der Waals surface area contributed by atoms with Gasteiger partial charge in [0.25, 0.3) is 0 Å². The Morgan fingerprint density at radius 3 is 2.30 bits per heavy atom. The Bertz CT molecular complexity index is 438. The smallest absolute Gasteiger partial charge is 0.0642 e. The third kappa shape index (κ3) is 3.89. The monoisotopic (exact) mass is 292 g/mol. The Kier molecular flexibility index (Phi) is 4.52. The molecule has 3 heteroatoms. The molecule has 0 aliphatic heterocycles. The van der Waals surface area contributed by atoms with E-state index in [9.17, 15) is 0 Å². The molecule has 0 heterocycles. The fourth-order valence-electron chi connectivity index (χ4n) is 2.68.